The first-order valence-electron chi connectivity index (χ1n) is 6.76. The molecule has 0 aliphatic rings. The summed E-state index contributed by atoms with van der Waals surface area (Å²) >= 11 is 5.95. The van der Waals surface area contributed by atoms with Crippen molar-refractivity contribution >= 4 is 17.5 Å². The molecule has 0 saturated carbocycles. The number of hydrogen-bond donors (Lipinski definition) is 1. The number of hydrogen-bond acceptors (Lipinski definition) is 3. The third-order valence-corrected chi connectivity index (χ3v) is 3.20. The summed E-state index contributed by atoms with van der Waals surface area (Å²) in [6.45, 7) is 4.01. The highest BCUT2D eigenvalue weighted by Gasteiger charge is 2.11. The van der Waals surface area contributed by atoms with Crippen molar-refractivity contribution < 1.29 is 13.9 Å². The first kappa shape index (κ1) is 16.0. The van der Waals surface area contributed by atoms with E-state index in [0.717, 1.165) is 0 Å². The van der Waals surface area contributed by atoms with Gasteiger partial charge < -0.3 is 14.5 Å². The van der Waals surface area contributed by atoms with Gasteiger partial charge in [0.2, 0.25) is 0 Å². The minimum absolute atomic E-state index is 0.198. The summed E-state index contributed by atoms with van der Waals surface area (Å²) in [6.07, 6.45) is 0. The number of carbonyl (C=O) groups excluding carboxylic acids is 1. The van der Waals surface area contributed by atoms with Crippen LogP contribution in [0.5, 0.6) is 5.75 Å². The van der Waals surface area contributed by atoms with Crippen molar-refractivity contribution in [3.05, 3.63) is 52.4 Å². The fourth-order valence-electron chi connectivity index (χ4n) is 1.87. The first-order valence-corrected chi connectivity index (χ1v) is 7.14. The van der Waals surface area contributed by atoms with Crippen molar-refractivity contribution in [2.45, 2.75) is 13.8 Å². The monoisotopic (exact) mass is 317 g/mol. The molecule has 0 unspecified atom stereocenters. The third kappa shape index (κ3) is 4.31. The molecule has 4 nitrogen and oxygen atoms in total. The van der Waals surface area contributed by atoms with Crippen molar-refractivity contribution in [3.63, 3.8) is 0 Å². The molecule has 0 radical (unpaired) electrons. The molecular weight excluding hydrogens is 302 g/mol. The molecule has 1 N–H and O–H groups in total. The normalized spacial score (nSPS) is 9.77. The summed E-state index contributed by atoms with van der Waals surface area (Å²) in [5.41, 5.74) is 0.534. The molecule has 1 aromatic carbocycles. The van der Waals surface area contributed by atoms with E-state index in [-0.39, 0.29) is 19.1 Å². The lowest BCUT2D eigenvalue weighted by Gasteiger charge is -2.03. The van der Waals surface area contributed by atoms with E-state index in [1.54, 1.807) is 32.0 Å². The van der Waals surface area contributed by atoms with Gasteiger partial charge in [-0.25, -0.2) is 0 Å². The Balaban J connectivity index is 1.77. The maximum atomic E-state index is 11.9. The molecule has 1 heterocycles. The Bertz CT molecular complexity index is 725. The molecule has 5 heteroatoms. The average molecular weight is 318 g/mol. The van der Waals surface area contributed by atoms with Crippen LogP contribution in [0.3, 0.4) is 0 Å². The Morgan fingerprint density at radius 1 is 1.32 bits per heavy atom. The number of nitrogens with one attached hydrogen (secondary N) is 1. The Morgan fingerprint density at radius 3 is 2.77 bits per heavy atom. The van der Waals surface area contributed by atoms with Crippen LogP contribution < -0.4 is 10.1 Å². The highest BCUT2D eigenvalue weighted by atomic mass is 35.5. The predicted molar refractivity (Wildman–Crippen MR) is 85.2 cm³/mol. The summed E-state index contributed by atoms with van der Waals surface area (Å²) in [5, 5.41) is 3.25. The largest absolute Gasteiger partial charge is 0.479 e. The summed E-state index contributed by atoms with van der Waals surface area (Å²) < 4.78 is 10.7. The average Bonchev–Trinajstić information content (AvgIpc) is 2.83. The third-order valence-electron chi connectivity index (χ3n) is 2.88. The van der Waals surface area contributed by atoms with Crippen LogP contribution in [0.1, 0.15) is 21.9 Å². The van der Waals surface area contributed by atoms with E-state index in [1.807, 2.05) is 12.1 Å². The second-order valence-electron chi connectivity index (χ2n) is 4.58. The van der Waals surface area contributed by atoms with Crippen molar-refractivity contribution in [1.82, 2.24) is 5.32 Å². The van der Waals surface area contributed by atoms with E-state index in [9.17, 15) is 4.79 Å². The van der Waals surface area contributed by atoms with E-state index < -0.39 is 0 Å². The predicted octanol–water partition coefficient (Wildman–Crippen LogP) is 3.36. The van der Waals surface area contributed by atoms with Gasteiger partial charge in [-0.2, -0.15) is 0 Å². The minimum Gasteiger partial charge on any atom is -0.479 e. The molecule has 1 aromatic heterocycles. The lowest BCUT2D eigenvalue weighted by Crippen LogP contribution is -2.23. The smallest absolute Gasteiger partial charge is 0.255 e. The molecule has 0 saturated heterocycles. The van der Waals surface area contributed by atoms with Gasteiger partial charge >= 0.3 is 0 Å². The molecule has 0 spiro atoms. The second kappa shape index (κ2) is 7.58. The summed E-state index contributed by atoms with van der Waals surface area (Å²) in [4.78, 5) is 11.9. The summed E-state index contributed by atoms with van der Waals surface area (Å²) in [6, 6.07) is 8.90. The van der Waals surface area contributed by atoms with Crippen molar-refractivity contribution in [2.24, 2.45) is 0 Å². The van der Waals surface area contributed by atoms with Crippen LogP contribution in [0, 0.1) is 25.7 Å². The zero-order chi connectivity index (χ0) is 15.9. The number of rotatable bonds is 4. The molecule has 0 bridgehead atoms. The molecule has 0 aliphatic carbocycles. The van der Waals surface area contributed by atoms with Gasteiger partial charge in [0.05, 0.1) is 17.1 Å². The van der Waals surface area contributed by atoms with Crippen LogP contribution in [0.2, 0.25) is 5.02 Å². The Labute approximate surface area is 134 Å². The highest BCUT2D eigenvalue weighted by molar-refractivity contribution is 6.32. The van der Waals surface area contributed by atoms with Crippen LogP contribution in [0.25, 0.3) is 0 Å². The van der Waals surface area contributed by atoms with Crippen molar-refractivity contribution in [2.75, 3.05) is 13.2 Å². The topological polar surface area (TPSA) is 51.5 Å². The van der Waals surface area contributed by atoms with Crippen LogP contribution in [0.4, 0.5) is 0 Å². The van der Waals surface area contributed by atoms with E-state index in [0.29, 0.717) is 27.9 Å². The quantitative estimate of drug-likeness (QED) is 0.880. The highest BCUT2D eigenvalue weighted by Crippen LogP contribution is 2.22. The standard InChI is InChI=1S/C17H16ClNO3/c1-12-11-14(13(2)22-12)17(20)19-9-5-6-10-21-16-8-4-3-7-15(16)18/h3-4,7-8,11H,9-10H2,1-2H3,(H,19,20). The van der Waals surface area contributed by atoms with Gasteiger partial charge in [0.1, 0.15) is 23.9 Å². The number of furan rings is 1. The van der Waals surface area contributed by atoms with E-state index in [1.165, 1.54) is 0 Å². The molecule has 2 aromatic rings. The zero-order valence-corrected chi connectivity index (χ0v) is 13.2. The fourth-order valence-corrected chi connectivity index (χ4v) is 2.06. The number of ether oxygens (including phenoxy) is 1. The Kier molecular flexibility index (Phi) is 5.51. The number of amides is 1. The van der Waals surface area contributed by atoms with Gasteiger partial charge in [0.25, 0.3) is 5.91 Å². The molecule has 2 rings (SSSR count). The van der Waals surface area contributed by atoms with E-state index in [4.69, 9.17) is 20.8 Å². The molecule has 114 valence electrons. The van der Waals surface area contributed by atoms with Crippen LogP contribution >= 0.6 is 11.6 Å². The number of halogens is 1. The van der Waals surface area contributed by atoms with Crippen LogP contribution in [-0.2, 0) is 0 Å². The summed E-state index contributed by atoms with van der Waals surface area (Å²) in [7, 11) is 0. The Hall–Kier alpha value is -2.38. The van der Waals surface area contributed by atoms with E-state index >= 15 is 0 Å². The number of benzene rings is 1. The molecular formula is C17H16ClNO3. The van der Waals surface area contributed by atoms with Crippen molar-refractivity contribution in [3.8, 4) is 17.6 Å². The van der Waals surface area contributed by atoms with Crippen LogP contribution in [-0.4, -0.2) is 19.1 Å². The molecule has 0 fully saturated rings. The van der Waals surface area contributed by atoms with Gasteiger partial charge in [-0.15, -0.1) is 0 Å². The van der Waals surface area contributed by atoms with E-state index in [2.05, 4.69) is 17.2 Å². The molecule has 1 amide bonds. The van der Waals surface area contributed by atoms with Gasteiger partial charge in [0, 0.05) is 0 Å². The fraction of sp³-hybridized carbons (Fsp3) is 0.235. The molecule has 0 atom stereocenters. The lowest BCUT2D eigenvalue weighted by atomic mass is 10.2. The number of carbonyl (C=O) groups is 1. The minimum atomic E-state index is -0.198. The molecule has 0 aliphatic heterocycles. The first-order chi connectivity index (χ1) is 10.6. The number of para-hydroxylation sites is 1. The Morgan fingerprint density at radius 2 is 2.09 bits per heavy atom. The van der Waals surface area contributed by atoms with Gasteiger partial charge in [-0.1, -0.05) is 35.6 Å². The van der Waals surface area contributed by atoms with Crippen LogP contribution in [0.15, 0.2) is 34.7 Å². The lowest BCUT2D eigenvalue weighted by molar-refractivity contribution is 0.0957. The maximum Gasteiger partial charge on any atom is 0.255 e. The zero-order valence-electron chi connectivity index (χ0n) is 12.4. The number of aryl methyl sites for hydroxylation is 2. The molecule has 22 heavy (non-hydrogen) atoms. The van der Waals surface area contributed by atoms with Gasteiger partial charge in [-0.3, -0.25) is 4.79 Å². The van der Waals surface area contributed by atoms with Gasteiger partial charge in [-0.05, 0) is 32.0 Å². The SMILES string of the molecule is Cc1cc(C(=O)NCC#CCOc2ccccc2Cl)c(C)o1. The van der Waals surface area contributed by atoms with Gasteiger partial charge in [0.15, 0.2) is 0 Å². The maximum absolute atomic E-state index is 11.9. The second-order valence-corrected chi connectivity index (χ2v) is 4.99. The van der Waals surface area contributed by atoms with Crippen molar-refractivity contribution in [1.29, 1.82) is 0 Å². The summed E-state index contributed by atoms with van der Waals surface area (Å²) in [5.74, 6) is 7.34.